The molecular weight excluding hydrogens is 1380 g/mol. The molecule has 0 spiro atoms. The maximum Gasteiger partial charge on any atom is 0.472 e. The monoisotopic (exact) mass is 1550 g/mol. The molecule has 0 aliphatic carbocycles. The van der Waals surface area contributed by atoms with Crippen molar-refractivity contribution in [2.45, 2.75) is 484 Å². The number of unbranched alkanes of at least 4 members (excludes halogenated alkanes) is 54. The van der Waals surface area contributed by atoms with Crippen LogP contribution in [0.1, 0.15) is 465 Å². The summed E-state index contributed by atoms with van der Waals surface area (Å²) in [5, 5.41) is 10.7. The highest BCUT2D eigenvalue weighted by Gasteiger charge is 2.30. The number of aliphatic hydroxyl groups is 1. The smallest absolute Gasteiger partial charge is 0.462 e. The van der Waals surface area contributed by atoms with Crippen LogP contribution >= 0.6 is 15.6 Å². The van der Waals surface area contributed by atoms with E-state index in [2.05, 4.69) is 41.5 Å². The van der Waals surface area contributed by atoms with E-state index in [1.165, 1.54) is 276 Å². The third kappa shape index (κ3) is 77.4. The molecule has 0 amide bonds. The van der Waals surface area contributed by atoms with E-state index in [1.54, 1.807) is 0 Å². The summed E-state index contributed by atoms with van der Waals surface area (Å²) >= 11 is 0. The van der Waals surface area contributed by atoms with Crippen LogP contribution in [-0.2, 0) is 65.4 Å². The van der Waals surface area contributed by atoms with Gasteiger partial charge < -0.3 is 33.8 Å². The van der Waals surface area contributed by atoms with Crippen LogP contribution in [0.25, 0.3) is 0 Å². The Kier molecular flexibility index (Phi) is 76.9. The molecule has 0 radical (unpaired) electrons. The number of phosphoric acid groups is 2. The van der Waals surface area contributed by atoms with Crippen LogP contribution < -0.4 is 0 Å². The van der Waals surface area contributed by atoms with E-state index < -0.39 is 97.5 Å². The lowest BCUT2D eigenvalue weighted by Gasteiger charge is -2.21. The number of esters is 4. The lowest BCUT2D eigenvalue weighted by molar-refractivity contribution is -0.161. The Bertz CT molecular complexity index is 2030. The topological polar surface area (TPSA) is 237 Å². The second-order valence-electron chi connectivity index (χ2n) is 31.8. The molecule has 0 aliphatic rings. The van der Waals surface area contributed by atoms with E-state index in [0.717, 1.165) is 108 Å². The molecule has 0 saturated heterocycles. The van der Waals surface area contributed by atoms with Gasteiger partial charge in [0.15, 0.2) is 12.2 Å². The normalized spacial score (nSPS) is 14.3. The van der Waals surface area contributed by atoms with Gasteiger partial charge in [0.25, 0.3) is 0 Å². The fraction of sp³-hybridized carbons (Fsp3) is 0.954. The molecular formula is C87H170O17P2. The van der Waals surface area contributed by atoms with Gasteiger partial charge in [0.2, 0.25) is 0 Å². The van der Waals surface area contributed by atoms with Crippen LogP contribution in [0, 0.1) is 11.8 Å². The molecule has 4 unspecified atom stereocenters. The van der Waals surface area contributed by atoms with Crippen LogP contribution in [0.2, 0.25) is 0 Å². The van der Waals surface area contributed by atoms with Crippen molar-refractivity contribution in [2.75, 3.05) is 39.6 Å². The van der Waals surface area contributed by atoms with Gasteiger partial charge in [-0.15, -0.1) is 0 Å². The van der Waals surface area contributed by atoms with Crippen molar-refractivity contribution < 1.29 is 80.2 Å². The highest BCUT2D eigenvalue weighted by molar-refractivity contribution is 7.47. The van der Waals surface area contributed by atoms with Gasteiger partial charge in [-0.2, -0.15) is 0 Å². The standard InChI is InChI=1S/C87H170O17P2/c1-7-11-13-15-17-19-21-23-25-26-27-28-32-35-39-42-46-50-57-63-69-84(89)97-75-82(103-86(91)72-66-60-52-48-44-40-36-33-30-29-31-34-37-41-45-49-55-61-67-79(5)9-3)77-101-105(93,94)99-73-81(88)74-100-106(95,96)102-78-83(76-98-85(90)70-64-58-54-53-56-62-68-80(6)10-4)104-87(92)71-65-59-51-47-43-38-24-22-20-18-16-14-12-8-2/h79-83,88H,7-78H2,1-6H3,(H,93,94)(H,95,96)/t79?,80?,81-,82-,83-/m1/s1. The zero-order valence-corrected chi connectivity index (χ0v) is 71.5. The van der Waals surface area contributed by atoms with Crippen molar-refractivity contribution >= 4 is 39.5 Å². The third-order valence-corrected chi connectivity index (χ3v) is 23.1. The average Bonchev–Trinajstić information content (AvgIpc) is 0.904. The van der Waals surface area contributed by atoms with Crippen molar-refractivity contribution in [2.24, 2.45) is 11.8 Å². The summed E-state index contributed by atoms with van der Waals surface area (Å²) < 4.78 is 68.9. The molecule has 0 aromatic heterocycles. The SMILES string of the molecule is CCCCCCCCCCCCCCCCCCCCCCC(=O)OC[C@H](COP(=O)(O)OC[C@@H](O)COP(=O)(O)OC[C@@H](COC(=O)CCCCCCCCC(C)CC)OC(=O)CCCCCCCCCCCCCCCC)OC(=O)CCCCCCCCCCCCCCCCCCCCC(C)CC. The van der Waals surface area contributed by atoms with Crippen molar-refractivity contribution in [3.8, 4) is 0 Å². The molecule has 0 heterocycles. The van der Waals surface area contributed by atoms with Crippen LogP contribution in [0.15, 0.2) is 0 Å². The number of ether oxygens (including phenoxy) is 4. The van der Waals surface area contributed by atoms with Gasteiger partial charge in [-0.1, -0.05) is 414 Å². The molecule has 0 aromatic carbocycles. The van der Waals surface area contributed by atoms with Crippen molar-refractivity contribution in [3.63, 3.8) is 0 Å². The first-order valence-corrected chi connectivity index (χ1v) is 48.1. The zero-order valence-electron chi connectivity index (χ0n) is 69.7. The Morgan fingerprint density at radius 2 is 0.453 bits per heavy atom. The Morgan fingerprint density at radius 3 is 0.670 bits per heavy atom. The Balaban J connectivity index is 5.21. The maximum absolute atomic E-state index is 13.2. The largest absolute Gasteiger partial charge is 0.472 e. The van der Waals surface area contributed by atoms with Gasteiger partial charge in [0.05, 0.1) is 26.4 Å². The molecule has 0 saturated carbocycles. The van der Waals surface area contributed by atoms with Gasteiger partial charge in [-0.25, -0.2) is 9.13 Å². The predicted molar refractivity (Wildman–Crippen MR) is 437 cm³/mol. The minimum Gasteiger partial charge on any atom is -0.462 e. The van der Waals surface area contributed by atoms with Crippen molar-refractivity contribution in [3.05, 3.63) is 0 Å². The second-order valence-corrected chi connectivity index (χ2v) is 34.7. The average molecular weight is 1550 g/mol. The number of carbonyl (C=O) groups excluding carboxylic acids is 4. The summed E-state index contributed by atoms with van der Waals surface area (Å²) in [7, 11) is -9.93. The Labute approximate surface area is 651 Å². The van der Waals surface area contributed by atoms with Crippen LogP contribution in [0.3, 0.4) is 0 Å². The minimum atomic E-state index is -4.97. The molecule has 0 rings (SSSR count). The summed E-state index contributed by atoms with van der Waals surface area (Å²) in [6.45, 7) is 9.70. The highest BCUT2D eigenvalue weighted by atomic mass is 31.2. The first-order valence-electron chi connectivity index (χ1n) is 45.1. The van der Waals surface area contributed by atoms with E-state index in [4.69, 9.17) is 37.0 Å². The van der Waals surface area contributed by atoms with Gasteiger partial charge in [-0.3, -0.25) is 37.3 Å². The van der Waals surface area contributed by atoms with Crippen molar-refractivity contribution in [1.29, 1.82) is 0 Å². The molecule has 0 aliphatic heterocycles. The van der Waals surface area contributed by atoms with Gasteiger partial charge in [-0.05, 0) is 37.5 Å². The lowest BCUT2D eigenvalue weighted by atomic mass is 9.99. The van der Waals surface area contributed by atoms with E-state index in [9.17, 15) is 43.2 Å². The third-order valence-electron chi connectivity index (χ3n) is 21.2. The molecule has 0 aromatic rings. The first kappa shape index (κ1) is 104. The number of phosphoric ester groups is 2. The minimum absolute atomic E-state index is 0.107. The van der Waals surface area contributed by atoms with Crippen molar-refractivity contribution in [1.82, 2.24) is 0 Å². The van der Waals surface area contributed by atoms with E-state index in [-0.39, 0.29) is 25.7 Å². The zero-order chi connectivity index (χ0) is 77.8. The van der Waals surface area contributed by atoms with Crippen LogP contribution in [0.5, 0.6) is 0 Å². The number of hydrogen-bond donors (Lipinski definition) is 3. The summed E-state index contributed by atoms with van der Waals surface area (Å²) in [5.41, 5.74) is 0. The maximum atomic E-state index is 13.2. The fourth-order valence-corrected chi connectivity index (χ4v) is 15.1. The summed E-state index contributed by atoms with van der Waals surface area (Å²) in [6.07, 6.45) is 70.9. The lowest BCUT2D eigenvalue weighted by Crippen LogP contribution is -2.30. The highest BCUT2D eigenvalue weighted by Crippen LogP contribution is 2.45. The molecule has 17 nitrogen and oxygen atoms in total. The Morgan fingerprint density at radius 1 is 0.264 bits per heavy atom. The summed E-state index contributed by atoms with van der Waals surface area (Å²) in [6, 6.07) is 0. The fourth-order valence-electron chi connectivity index (χ4n) is 13.5. The van der Waals surface area contributed by atoms with E-state index >= 15 is 0 Å². The number of aliphatic hydroxyl groups excluding tert-OH is 1. The van der Waals surface area contributed by atoms with E-state index in [0.29, 0.717) is 25.7 Å². The predicted octanol–water partition coefficient (Wildman–Crippen LogP) is 26.6. The molecule has 7 atom stereocenters. The quantitative estimate of drug-likeness (QED) is 0.0222. The second kappa shape index (κ2) is 78.3. The van der Waals surface area contributed by atoms with Gasteiger partial charge >= 0.3 is 39.5 Å². The van der Waals surface area contributed by atoms with Crippen LogP contribution in [0.4, 0.5) is 0 Å². The number of hydrogen-bond acceptors (Lipinski definition) is 15. The van der Waals surface area contributed by atoms with Crippen LogP contribution in [-0.4, -0.2) is 96.7 Å². The van der Waals surface area contributed by atoms with Gasteiger partial charge in [0, 0.05) is 25.7 Å². The molecule has 630 valence electrons. The Hall–Kier alpha value is -1.94. The number of carbonyl (C=O) groups is 4. The molecule has 0 bridgehead atoms. The molecule has 19 heteroatoms. The van der Waals surface area contributed by atoms with E-state index in [1.807, 2.05) is 0 Å². The molecule has 0 fully saturated rings. The summed E-state index contributed by atoms with van der Waals surface area (Å²) in [4.78, 5) is 73.2. The summed E-state index contributed by atoms with van der Waals surface area (Å²) in [5.74, 6) is -0.500. The number of rotatable bonds is 86. The molecule has 106 heavy (non-hydrogen) atoms. The molecule has 3 N–H and O–H groups in total. The first-order chi connectivity index (χ1) is 51.4. The van der Waals surface area contributed by atoms with Gasteiger partial charge in [0.1, 0.15) is 19.3 Å².